The van der Waals surface area contributed by atoms with Gasteiger partial charge in [0.05, 0.1) is 11.3 Å². The summed E-state index contributed by atoms with van der Waals surface area (Å²) in [4.78, 5) is 17.4. The van der Waals surface area contributed by atoms with Crippen molar-refractivity contribution in [2.75, 3.05) is 0 Å². The predicted molar refractivity (Wildman–Crippen MR) is 131 cm³/mol. The maximum atomic E-state index is 14.6. The molecule has 1 aromatic heterocycles. The number of carbonyl (C=O) groups excluding carboxylic acids is 1. The van der Waals surface area contributed by atoms with Crippen LogP contribution in [0.1, 0.15) is 41.8 Å². The number of urea groups is 1. The summed E-state index contributed by atoms with van der Waals surface area (Å²) in [7, 11) is 0. The van der Waals surface area contributed by atoms with E-state index in [2.05, 4.69) is 38.2 Å². The van der Waals surface area contributed by atoms with Crippen molar-refractivity contribution in [1.82, 2.24) is 15.6 Å². The van der Waals surface area contributed by atoms with Gasteiger partial charge in [0.25, 0.3) is 0 Å². The Labute approximate surface area is 209 Å². The lowest BCUT2D eigenvalue weighted by Crippen LogP contribution is -2.53. The molecule has 0 saturated carbocycles. The first-order chi connectivity index (χ1) is 15.9. The predicted octanol–water partition coefficient (Wildman–Crippen LogP) is 6.35. The molecule has 0 fully saturated rings. The summed E-state index contributed by atoms with van der Waals surface area (Å²) in [6, 6.07) is 12.2. The van der Waals surface area contributed by atoms with Gasteiger partial charge in [0, 0.05) is 22.2 Å². The highest BCUT2D eigenvalue weighted by Gasteiger charge is 2.41. The Morgan fingerprint density at radius 2 is 1.76 bits per heavy atom. The topological polar surface area (TPSA) is 54.0 Å². The van der Waals surface area contributed by atoms with E-state index >= 15 is 0 Å². The molecule has 0 spiro atoms. The average molecular weight is 585 g/mol. The van der Waals surface area contributed by atoms with Crippen LogP contribution in [0.3, 0.4) is 0 Å². The van der Waals surface area contributed by atoms with Gasteiger partial charge >= 0.3 is 12.2 Å². The van der Waals surface area contributed by atoms with Gasteiger partial charge in [-0.05, 0) is 84.8 Å². The highest BCUT2D eigenvalue weighted by Crippen LogP contribution is 2.37. The summed E-state index contributed by atoms with van der Waals surface area (Å²) in [6.07, 6.45) is -3.17. The van der Waals surface area contributed by atoms with Crippen molar-refractivity contribution in [3.05, 3.63) is 98.1 Å². The van der Waals surface area contributed by atoms with Gasteiger partial charge in [0.2, 0.25) is 0 Å². The van der Waals surface area contributed by atoms with Crippen molar-refractivity contribution in [3.8, 4) is 0 Å². The molecule has 3 aromatic rings. The number of carbonyl (C=O) groups is 1. The van der Waals surface area contributed by atoms with Gasteiger partial charge in [-0.25, -0.2) is 9.18 Å². The zero-order chi connectivity index (χ0) is 25.1. The third-order valence-electron chi connectivity index (χ3n) is 5.18. The number of benzene rings is 2. The third kappa shape index (κ3) is 6.25. The van der Waals surface area contributed by atoms with Crippen LogP contribution < -0.4 is 10.6 Å². The van der Waals surface area contributed by atoms with Crippen LogP contribution in [0.25, 0.3) is 0 Å². The molecular weight excluding hydrogens is 561 g/mol. The fourth-order valence-corrected chi connectivity index (χ4v) is 4.09. The fourth-order valence-electron chi connectivity index (χ4n) is 3.77. The Balaban J connectivity index is 2.31. The van der Waals surface area contributed by atoms with E-state index in [1.54, 1.807) is 38.2 Å². The van der Waals surface area contributed by atoms with Gasteiger partial charge in [0.1, 0.15) is 11.4 Å². The quantitative estimate of drug-likeness (QED) is 0.262. The highest BCUT2D eigenvalue weighted by molar-refractivity contribution is 14.1. The van der Waals surface area contributed by atoms with E-state index in [0.29, 0.717) is 6.07 Å². The van der Waals surface area contributed by atoms with Crippen LogP contribution in [0, 0.1) is 16.3 Å². The van der Waals surface area contributed by atoms with Crippen LogP contribution in [-0.2, 0) is 18.1 Å². The van der Waals surface area contributed by atoms with Crippen molar-refractivity contribution >= 4 is 28.6 Å². The molecule has 0 radical (unpaired) electrons. The summed E-state index contributed by atoms with van der Waals surface area (Å²) in [6.45, 7) is 5.40. The smallest absolute Gasteiger partial charge is 0.336 e. The molecule has 0 aliphatic heterocycles. The van der Waals surface area contributed by atoms with Crippen LogP contribution in [0.4, 0.5) is 22.4 Å². The fraction of sp³-hybridized carbons (Fsp3) is 0.280. The molecule has 3 rings (SSSR count). The Bertz CT molecular complexity index is 1170. The molecule has 4 nitrogen and oxygen atoms in total. The third-order valence-corrected chi connectivity index (χ3v) is 5.82. The normalized spacial score (nSPS) is 13.4. The standard InChI is InChI=1S/C25H24F4IN3O/c1-15(2)32-23(34)33-24(22-8-7-21(30)14-31-22,13-17-6-4-5-16(3)9-17)18-10-19(25(27,28)29)12-20(26)11-18/h4-12,14-15H,13H2,1-3H3,(H2,32,33,34)/t24-/m1/s1. The highest BCUT2D eigenvalue weighted by atomic mass is 127. The molecule has 2 amide bonds. The summed E-state index contributed by atoms with van der Waals surface area (Å²) in [5.41, 5.74) is -0.834. The lowest BCUT2D eigenvalue weighted by molar-refractivity contribution is -0.137. The summed E-state index contributed by atoms with van der Waals surface area (Å²) in [5, 5.41) is 5.55. The molecule has 34 heavy (non-hydrogen) atoms. The van der Waals surface area contributed by atoms with E-state index < -0.39 is 29.1 Å². The van der Waals surface area contributed by atoms with Crippen molar-refractivity contribution in [3.63, 3.8) is 0 Å². The molecular formula is C25H24F4IN3O. The molecule has 0 aliphatic rings. The number of hydrogen-bond donors (Lipinski definition) is 2. The summed E-state index contributed by atoms with van der Waals surface area (Å²) < 4.78 is 56.2. The number of hydrogen-bond acceptors (Lipinski definition) is 2. The molecule has 1 heterocycles. The summed E-state index contributed by atoms with van der Waals surface area (Å²) >= 11 is 2.06. The minimum Gasteiger partial charge on any atom is -0.336 e. The summed E-state index contributed by atoms with van der Waals surface area (Å²) in [5.74, 6) is -1.06. The van der Waals surface area contributed by atoms with E-state index in [-0.39, 0.29) is 23.7 Å². The number of nitrogens with zero attached hydrogens (tertiary/aromatic N) is 1. The molecule has 0 saturated heterocycles. The minimum atomic E-state index is -4.77. The largest absolute Gasteiger partial charge is 0.416 e. The van der Waals surface area contributed by atoms with Crippen molar-refractivity contribution < 1.29 is 22.4 Å². The van der Waals surface area contributed by atoms with Gasteiger partial charge in [-0.2, -0.15) is 13.2 Å². The molecule has 1 atom stereocenters. The Kier molecular flexibility index (Phi) is 7.84. The van der Waals surface area contributed by atoms with E-state index in [4.69, 9.17) is 0 Å². The second-order valence-corrected chi connectivity index (χ2v) is 9.66. The number of aryl methyl sites for hydroxylation is 1. The van der Waals surface area contributed by atoms with Crippen LogP contribution in [0.15, 0.2) is 60.8 Å². The molecule has 2 aromatic carbocycles. The SMILES string of the molecule is Cc1cccc(C[C@@](NC(=O)NC(C)C)(c2cc(F)cc(C(F)(F)F)c2)c2ccc(I)cn2)c1. The van der Waals surface area contributed by atoms with Crippen molar-refractivity contribution in [1.29, 1.82) is 0 Å². The van der Waals surface area contributed by atoms with E-state index in [1.165, 1.54) is 0 Å². The number of alkyl halides is 3. The lowest BCUT2D eigenvalue weighted by Gasteiger charge is -2.36. The second-order valence-electron chi connectivity index (χ2n) is 8.41. The second kappa shape index (κ2) is 10.3. The van der Waals surface area contributed by atoms with Crippen LogP contribution >= 0.6 is 22.6 Å². The Morgan fingerprint density at radius 3 is 2.35 bits per heavy atom. The Morgan fingerprint density at radius 1 is 1.06 bits per heavy atom. The average Bonchev–Trinajstić information content (AvgIpc) is 2.72. The first-order valence-corrected chi connectivity index (χ1v) is 11.6. The number of pyridine rings is 1. The molecule has 0 unspecified atom stereocenters. The molecule has 180 valence electrons. The Hall–Kier alpha value is -2.69. The molecule has 0 aliphatic carbocycles. The van der Waals surface area contributed by atoms with Gasteiger partial charge < -0.3 is 10.6 Å². The zero-order valence-corrected chi connectivity index (χ0v) is 21.0. The monoisotopic (exact) mass is 585 g/mol. The first kappa shape index (κ1) is 25.9. The first-order valence-electron chi connectivity index (χ1n) is 10.5. The molecule has 2 N–H and O–H groups in total. The lowest BCUT2D eigenvalue weighted by atomic mass is 9.79. The van der Waals surface area contributed by atoms with E-state index in [1.807, 2.05) is 25.1 Å². The van der Waals surface area contributed by atoms with Crippen LogP contribution in [0.5, 0.6) is 0 Å². The van der Waals surface area contributed by atoms with Crippen molar-refractivity contribution in [2.45, 2.75) is 44.9 Å². The molecule has 0 bridgehead atoms. The number of aromatic nitrogens is 1. The number of nitrogens with one attached hydrogen (secondary N) is 2. The minimum absolute atomic E-state index is 0.0501. The number of rotatable bonds is 6. The van der Waals surface area contributed by atoms with Crippen LogP contribution in [-0.4, -0.2) is 17.1 Å². The van der Waals surface area contributed by atoms with Gasteiger partial charge in [-0.3, -0.25) is 4.98 Å². The van der Waals surface area contributed by atoms with E-state index in [0.717, 1.165) is 26.8 Å². The van der Waals surface area contributed by atoms with Gasteiger partial charge in [0.15, 0.2) is 0 Å². The molecule has 9 heteroatoms. The maximum absolute atomic E-state index is 14.6. The van der Waals surface area contributed by atoms with Gasteiger partial charge in [-0.1, -0.05) is 29.8 Å². The van der Waals surface area contributed by atoms with Crippen molar-refractivity contribution in [2.24, 2.45) is 0 Å². The number of halogens is 5. The number of amides is 2. The van der Waals surface area contributed by atoms with Crippen LogP contribution in [0.2, 0.25) is 0 Å². The maximum Gasteiger partial charge on any atom is 0.416 e. The zero-order valence-electron chi connectivity index (χ0n) is 18.8. The van der Waals surface area contributed by atoms with E-state index in [9.17, 15) is 22.4 Å². The van der Waals surface area contributed by atoms with Gasteiger partial charge in [-0.15, -0.1) is 0 Å².